The van der Waals surface area contributed by atoms with Crippen LogP contribution in [0, 0.1) is 0 Å². The maximum atomic E-state index is 12.2. The average molecular weight is 297 g/mol. The number of nitrogens with one attached hydrogen (secondary N) is 2. The van der Waals surface area contributed by atoms with Crippen LogP contribution in [0.5, 0.6) is 0 Å². The molecule has 0 unspecified atom stereocenters. The molecule has 0 aliphatic carbocycles. The van der Waals surface area contributed by atoms with Gasteiger partial charge in [0, 0.05) is 11.9 Å². The van der Waals surface area contributed by atoms with Crippen LogP contribution in [0.15, 0.2) is 40.1 Å². The van der Waals surface area contributed by atoms with Gasteiger partial charge in [0.1, 0.15) is 4.90 Å². The average Bonchev–Trinajstić information content (AvgIpc) is 2.91. The number of anilines is 1. The molecule has 0 amide bonds. The molecule has 0 atom stereocenters. The van der Waals surface area contributed by atoms with Crippen molar-refractivity contribution >= 4 is 27.0 Å². The number of benzene rings is 1. The third kappa shape index (κ3) is 3.52. The molecule has 2 aromatic rings. The molecule has 0 fully saturated rings. The minimum Gasteiger partial charge on any atom is -0.384 e. The Morgan fingerprint density at radius 1 is 1.32 bits per heavy atom. The monoisotopic (exact) mass is 297 g/mol. The quantitative estimate of drug-likeness (QED) is 0.856. The number of sulfonamides is 1. The molecule has 19 heavy (non-hydrogen) atoms. The van der Waals surface area contributed by atoms with E-state index < -0.39 is 10.0 Å². The lowest BCUT2D eigenvalue weighted by molar-refractivity contribution is 0.581. The van der Waals surface area contributed by atoms with Gasteiger partial charge in [-0.25, -0.2) is 18.1 Å². The molecule has 2 N–H and O–H groups in total. The second-order valence-electron chi connectivity index (χ2n) is 3.83. The summed E-state index contributed by atoms with van der Waals surface area (Å²) in [5.41, 5.74) is 3.00. The molecule has 0 saturated heterocycles. The van der Waals surface area contributed by atoms with E-state index in [1.807, 2.05) is 12.3 Å². The molecule has 0 saturated carbocycles. The maximum Gasteiger partial charge on any atom is 0.242 e. The molecular formula is C12H15N3O2S2. The van der Waals surface area contributed by atoms with Crippen molar-refractivity contribution in [2.45, 2.75) is 18.4 Å². The third-order valence-electron chi connectivity index (χ3n) is 2.47. The van der Waals surface area contributed by atoms with E-state index in [0.29, 0.717) is 12.2 Å². The Kier molecular flexibility index (Phi) is 4.52. The highest BCUT2D eigenvalue weighted by Crippen LogP contribution is 2.20. The molecular weight excluding hydrogens is 282 g/mol. The van der Waals surface area contributed by atoms with Crippen molar-refractivity contribution in [1.29, 1.82) is 0 Å². The van der Waals surface area contributed by atoms with Gasteiger partial charge in [-0.2, -0.15) is 0 Å². The number of aromatic nitrogens is 1. The summed E-state index contributed by atoms with van der Waals surface area (Å²) >= 11 is 1.44. The van der Waals surface area contributed by atoms with Crippen LogP contribution in [0.25, 0.3) is 0 Å². The molecule has 1 aromatic heterocycles. The van der Waals surface area contributed by atoms with Gasteiger partial charge in [-0.1, -0.05) is 12.1 Å². The zero-order chi connectivity index (χ0) is 13.7. The van der Waals surface area contributed by atoms with Crippen molar-refractivity contribution in [2.24, 2.45) is 0 Å². The van der Waals surface area contributed by atoms with Crippen molar-refractivity contribution in [3.05, 3.63) is 40.8 Å². The SMILES string of the molecule is CCNc1ccccc1S(=O)(=O)NCc1cscn1. The number of hydrogen-bond donors (Lipinski definition) is 2. The van der Waals surface area contributed by atoms with Gasteiger partial charge in [-0.3, -0.25) is 0 Å². The van der Waals surface area contributed by atoms with Crippen molar-refractivity contribution in [3.63, 3.8) is 0 Å². The fourth-order valence-corrected chi connectivity index (χ4v) is 3.35. The summed E-state index contributed by atoms with van der Waals surface area (Å²) in [7, 11) is -3.54. The van der Waals surface area contributed by atoms with E-state index >= 15 is 0 Å². The van der Waals surface area contributed by atoms with Crippen LogP contribution in [0.2, 0.25) is 0 Å². The number of nitrogens with zero attached hydrogens (tertiary/aromatic N) is 1. The largest absolute Gasteiger partial charge is 0.384 e. The summed E-state index contributed by atoms with van der Waals surface area (Å²) in [6.07, 6.45) is 0. The van der Waals surface area contributed by atoms with E-state index in [2.05, 4.69) is 15.0 Å². The van der Waals surface area contributed by atoms with Crippen molar-refractivity contribution in [3.8, 4) is 0 Å². The van der Waals surface area contributed by atoms with E-state index in [1.54, 1.807) is 29.8 Å². The molecule has 5 nitrogen and oxygen atoms in total. The van der Waals surface area contributed by atoms with Crippen LogP contribution < -0.4 is 10.0 Å². The molecule has 0 bridgehead atoms. The molecule has 2 rings (SSSR count). The predicted octanol–water partition coefficient (Wildman–Crippen LogP) is 2.05. The Bertz CT molecular complexity index is 624. The Balaban J connectivity index is 2.19. The van der Waals surface area contributed by atoms with E-state index in [4.69, 9.17) is 0 Å². The Morgan fingerprint density at radius 2 is 2.11 bits per heavy atom. The van der Waals surface area contributed by atoms with Crippen LogP contribution in [-0.4, -0.2) is 19.9 Å². The second kappa shape index (κ2) is 6.14. The molecule has 0 spiro atoms. The normalized spacial score (nSPS) is 11.4. The Morgan fingerprint density at radius 3 is 2.79 bits per heavy atom. The molecule has 1 aromatic carbocycles. The minimum absolute atomic E-state index is 0.201. The van der Waals surface area contributed by atoms with Crippen molar-refractivity contribution in [2.75, 3.05) is 11.9 Å². The van der Waals surface area contributed by atoms with Crippen molar-refractivity contribution in [1.82, 2.24) is 9.71 Å². The molecule has 102 valence electrons. The van der Waals surface area contributed by atoms with Gasteiger partial charge in [0.15, 0.2) is 0 Å². The van der Waals surface area contributed by atoms with Gasteiger partial charge in [0.05, 0.1) is 23.4 Å². The molecule has 7 heteroatoms. The molecule has 0 aliphatic rings. The van der Waals surface area contributed by atoms with Crippen LogP contribution in [0.4, 0.5) is 5.69 Å². The van der Waals surface area contributed by atoms with Crippen LogP contribution >= 0.6 is 11.3 Å². The smallest absolute Gasteiger partial charge is 0.242 e. The minimum atomic E-state index is -3.54. The first kappa shape index (κ1) is 14.0. The zero-order valence-electron chi connectivity index (χ0n) is 10.5. The highest BCUT2D eigenvalue weighted by atomic mass is 32.2. The highest BCUT2D eigenvalue weighted by Gasteiger charge is 2.17. The van der Waals surface area contributed by atoms with E-state index in [1.165, 1.54) is 11.3 Å². The van der Waals surface area contributed by atoms with Gasteiger partial charge < -0.3 is 5.32 Å². The lowest BCUT2D eigenvalue weighted by Crippen LogP contribution is -2.24. The molecule has 0 aliphatic heterocycles. The summed E-state index contributed by atoms with van der Waals surface area (Å²) in [6, 6.07) is 6.85. The lowest BCUT2D eigenvalue weighted by Gasteiger charge is -2.11. The first-order valence-electron chi connectivity index (χ1n) is 5.83. The predicted molar refractivity (Wildman–Crippen MR) is 76.7 cm³/mol. The van der Waals surface area contributed by atoms with Gasteiger partial charge in [0.25, 0.3) is 0 Å². The van der Waals surface area contributed by atoms with Gasteiger partial charge in [-0.05, 0) is 19.1 Å². The standard InChI is InChI=1S/C12H15N3O2S2/c1-2-13-11-5-3-4-6-12(11)19(16,17)15-7-10-8-18-9-14-10/h3-6,8-9,13,15H,2,7H2,1H3. The topological polar surface area (TPSA) is 71.1 Å². The van der Waals surface area contributed by atoms with Gasteiger partial charge in [0.2, 0.25) is 10.0 Å². The fourth-order valence-electron chi connectivity index (χ4n) is 1.61. The Labute approximate surface area is 116 Å². The summed E-state index contributed by atoms with van der Waals surface area (Å²) in [4.78, 5) is 4.30. The zero-order valence-corrected chi connectivity index (χ0v) is 12.1. The summed E-state index contributed by atoms with van der Waals surface area (Å²) in [5, 5.41) is 4.86. The van der Waals surface area contributed by atoms with Crippen molar-refractivity contribution < 1.29 is 8.42 Å². The first-order chi connectivity index (χ1) is 9.13. The highest BCUT2D eigenvalue weighted by molar-refractivity contribution is 7.89. The van der Waals surface area contributed by atoms with E-state index in [0.717, 1.165) is 5.69 Å². The molecule has 0 radical (unpaired) electrons. The summed E-state index contributed by atoms with van der Waals surface area (Å²) < 4.78 is 27.0. The lowest BCUT2D eigenvalue weighted by atomic mass is 10.3. The summed E-state index contributed by atoms with van der Waals surface area (Å²) in [6.45, 7) is 2.79. The van der Waals surface area contributed by atoms with Crippen LogP contribution in [0.3, 0.4) is 0 Å². The van der Waals surface area contributed by atoms with Gasteiger partial charge >= 0.3 is 0 Å². The fraction of sp³-hybridized carbons (Fsp3) is 0.250. The second-order valence-corrected chi connectivity index (χ2v) is 6.28. The van der Waals surface area contributed by atoms with E-state index in [9.17, 15) is 8.42 Å². The number of thiazole rings is 1. The maximum absolute atomic E-state index is 12.2. The number of hydrogen-bond acceptors (Lipinski definition) is 5. The Hall–Kier alpha value is -1.44. The molecule has 1 heterocycles. The first-order valence-corrected chi connectivity index (χ1v) is 8.25. The third-order valence-corrected chi connectivity index (χ3v) is 4.57. The van der Waals surface area contributed by atoms with Crippen LogP contribution in [0.1, 0.15) is 12.6 Å². The number of rotatable bonds is 6. The summed E-state index contributed by atoms with van der Waals surface area (Å²) in [5.74, 6) is 0. The van der Waals surface area contributed by atoms with E-state index in [-0.39, 0.29) is 11.4 Å². The van der Waals surface area contributed by atoms with Gasteiger partial charge in [-0.15, -0.1) is 11.3 Å². The van der Waals surface area contributed by atoms with Crippen LogP contribution in [-0.2, 0) is 16.6 Å². The number of para-hydroxylation sites is 1.